The summed E-state index contributed by atoms with van der Waals surface area (Å²) < 4.78 is 0. The number of rotatable bonds is 1. The van der Waals surface area contributed by atoms with Crippen LogP contribution in [-0.2, 0) is 6.42 Å². The van der Waals surface area contributed by atoms with Gasteiger partial charge in [-0.25, -0.2) is 4.98 Å². The van der Waals surface area contributed by atoms with Crippen molar-refractivity contribution in [2.75, 3.05) is 0 Å². The first-order valence-corrected chi connectivity index (χ1v) is 5.71. The summed E-state index contributed by atoms with van der Waals surface area (Å²) in [5.41, 5.74) is 1.31. The van der Waals surface area contributed by atoms with Crippen LogP contribution in [0.3, 0.4) is 0 Å². The molecule has 3 rings (SSSR count). The van der Waals surface area contributed by atoms with Crippen LogP contribution in [0.5, 0.6) is 0 Å². The van der Waals surface area contributed by atoms with E-state index in [9.17, 15) is 0 Å². The summed E-state index contributed by atoms with van der Waals surface area (Å²) in [7, 11) is 0. The Labute approximate surface area is 118 Å². The van der Waals surface area contributed by atoms with E-state index in [2.05, 4.69) is 54.4 Å². The van der Waals surface area contributed by atoms with Crippen molar-refractivity contribution in [1.29, 1.82) is 0 Å². The summed E-state index contributed by atoms with van der Waals surface area (Å²) in [6.45, 7) is 2.18. The number of benzene rings is 2. The number of halogens is 1. The van der Waals surface area contributed by atoms with Crippen LogP contribution in [0.25, 0.3) is 21.5 Å². The van der Waals surface area contributed by atoms with Crippen molar-refractivity contribution in [3.63, 3.8) is 0 Å². The number of pyridine rings is 1. The van der Waals surface area contributed by atoms with Gasteiger partial charge in [0.05, 0.1) is 0 Å². The molecule has 0 fully saturated rings. The third-order valence-corrected chi connectivity index (χ3v) is 3.16. The molecule has 86 valence electrons. The molecule has 0 radical (unpaired) electrons. The minimum absolute atomic E-state index is 0. The topological polar surface area (TPSA) is 14.1 Å². The van der Waals surface area contributed by atoms with Gasteiger partial charge in [-0.15, -0.1) is 0 Å². The van der Waals surface area contributed by atoms with Crippen LogP contribution in [0.2, 0.25) is 0 Å². The van der Waals surface area contributed by atoms with Gasteiger partial charge in [0.25, 0.3) is 0 Å². The van der Waals surface area contributed by atoms with Crippen molar-refractivity contribution < 1.29 is 29.0 Å². The molecule has 0 aliphatic rings. The number of fused-ring (bicyclic) bond motifs is 3. The van der Waals surface area contributed by atoms with E-state index in [4.69, 9.17) is 0 Å². The van der Waals surface area contributed by atoms with E-state index in [0.717, 1.165) is 6.42 Å². The second kappa shape index (κ2) is 5.00. The molecule has 0 atom stereocenters. The molecule has 1 aromatic heterocycles. The van der Waals surface area contributed by atoms with Crippen LogP contribution in [-0.4, -0.2) is 0 Å². The van der Waals surface area contributed by atoms with Crippen molar-refractivity contribution in [2.24, 2.45) is 0 Å². The fraction of sp³-hybridized carbons (Fsp3) is 0.133. The summed E-state index contributed by atoms with van der Waals surface area (Å²) >= 11 is 0. The molecule has 1 nitrogen and oxygen atoms in total. The van der Waals surface area contributed by atoms with E-state index in [1.165, 1.54) is 27.2 Å². The highest BCUT2D eigenvalue weighted by atomic mass is 127. The molecule has 0 aliphatic heterocycles. The molecule has 0 spiro atoms. The maximum absolute atomic E-state index is 3.33. The normalized spacial score (nSPS) is 10.4. The van der Waals surface area contributed by atoms with Crippen LogP contribution in [0.15, 0.2) is 48.7 Å². The van der Waals surface area contributed by atoms with Gasteiger partial charge >= 0.3 is 0 Å². The highest BCUT2D eigenvalue weighted by Crippen LogP contribution is 2.25. The summed E-state index contributed by atoms with van der Waals surface area (Å²) in [6, 6.07) is 15.1. The predicted octanol–water partition coefficient (Wildman–Crippen LogP) is 0.373. The Morgan fingerprint density at radius 2 is 1.71 bits per heavy atom. The van der Waals surface area contributed by atoms with E-state index >= 15 is 0 Å². The third kappa shape index (κ3) is 2.02. The van der Waals surface area contributed by atoms with Crippen molar-refractivity contribution in [2.45, 2.75) is 13.3 Å². The number of aromatic amines is 1. The molecule has 0 saturated carbocycles. The zero-order valence-corrected chi connectivity index (χ0v) is 11.9. The van der Waals surface area contributed by atoms with Gasteiger partial charge in [0.1, 0.15) is 0 Å². The Morgan fingerprint density at radius 1 is 0.882 bits per heavy atom. The molecule has 2 aromatic carbocycles. The van der Waals surface area contributed by atoms with E-state index in [1.807, 2.05) is 6.20 Å². The number of hydrogen-bond acceptors (Lipinski definition) is 0. The Morgan fingerprint density at radius 3 is 2.53 bits per heavy atom. The third-order valence-electron chi connectivity index (χ3n) is 3.16. The largest absolute Gasteiger partial charge is 1.00 e. The van der Waals surface area contributed by atoms with Crippen LogP contribution in [0.1, 0.15) is 12.6 Å². The number of nitrogens with one attached hydrogen (secondary N) is 1. The Bertz CT molecular complexity index is 661. The molecule has 0 bridgehead atoms. The smallest absolute Gasteiger partial charge is 0.187 e. The fourth-order valence-corrected chi connectivity index (χ4v) is 2.33. The fourth-order valence-electron chi connectivity index (χ4n) is 2.33. The highest BCUT2D eigenvalue weighted by molar-refractivity contribution is 6.07. The maximum atomic E-state index is 3.33. The van der Waals surface area contributed by atoms with E-state index in [1.54, 1.807) is 0 Å². The molecule has 0 amide bonds. The molecule has 0 aliphatic carbocycles. The van der Waals surface area contributed by atoms with Gasteiger partial charge in [0, 0.05) is 23.3 Å². The van der Waals surface area contributed by atoms with Crippen LogP contribution >= 0.6 is 0 Å². The minimum atomic E-state index is 0. The molecule has 3 aromatic rings. The Hall–Kier alpha value is -1.16. The van der Waals surface area contributed by atoms with Crippen molar-refractivity contribution in [3.8, 4) is 0 Å². The average Bonchev–Trinajstić information content (AvgIpc) is 2.37. The van der Waals surface area contributed by atoms with Crippen molar-refractivity contribution in [1.82, 2.24) is 0 Å². The molecule has 1 heterocycles. The van der Waals surface area contributed by atoms with Gasteiger partial charge in [-0.3, -0.25) is 0 Å². The molecule has 0 saturated heterocycles. The minimum Gasteiger partial charge on any atom is -1.00 e. The summed E-state index contributed by atoms with van der Waals surface area (Å²) in [5, 5.41) is 5.32. The van der Waals surface area contributed by atoms with Crippen LogP contribution in [0, 0.1) is 0 Å². The van der Waals surface area contributed by atoms with Gasteiger partial charge in [0.15, 0.2) is 11.9 Å². The first kappa shape index (κ1) is 12.3. The highest BCUT2D eigenvalue weighted by Gasteiger charge is 2.07. The molecule has 1 N–H and O–H groups in total. The van der Waals surface area contributed by atoms with Crippen LogP contribution < -0.4 is 29.0 Å². The number of hydrogen-bond donors (Lipinski definition) is 0. The monoisotopic (exact) mass is 335 g/mol. The molecule has 2 heteroatoms. The van der Waals surface area contributed by atoms with Crippen molar-refractivity contribution >= 4 is 21.5 Å². The summed E-state index contributed by atoms with van der Waals surface area (Å²) in [4.78, 5) is 3.33. The second-order valence-corrected chi connectivity index (χ2v) is 4.06. The zero-order chi connectivity index (χ0) is 11.0. The van der Waals surface area contributed by atoms with E-state index in [0.29, 0.717) is 0 Å². The molecular formula is C15H14IN. The lowest BCUT2D eigenvalue weighted by Gasteiger charge is -2.03. The van der Waals surface area contributed by atoms with Gasteiger partial charge in [-0.2, -0.15) is 0 Å². The van der Waals surface area contributed by atoms with E-state index < -0.39 is 0 Å². The summed E-state index contributed by atoms with van der Waals surface area (Å²) in [6.07, 6.45) is 3.07. The maximum Gasteiger partial charge on any atom is 0.187 e. The molecule has 17 heavy (non-hydrogen) atoms. The van der Waals surface area contributed by atoms with Gasteiger partial charge in [-0.1, -0.05) is 37.3 Å². The molecular weight excluding hydrogens is 321 g/mol. The standard InChI is InChI=1S/C15H13N.HI/c1-2-15-14-8-7-11-5-3-4-6-12(11)13(14)9-10-16-15;/h3-10H,2H2,1H3;1H. The Balaban J connectivity index is 0.00000108. The average molecular weight is 335 g/mol. The first-order chi connectivity index (χ1) is 7.90. The van der Waals surface area contributed by atoms with Crippen LogP contribution in [0.4, 0.5) is 0 Å². The zero-order valence-electron chi connectivity index (χ0n) is 9.70. The van der Waals surface area contributed by atoms with Crippen molar-refractivity contribution in [3.05, 3.63) is 54.4 Å². The second-order valence-electron chi connectivity index (χ2n) is 4.06. The SMILES string of the molecule is CCc1[nH+]ccc2c1ccc1ccccc12.[I-]. The lowest BCUT2D eigenvalue weighted by atomic mass is 10.0. The summed E-state index contributed by atoms with van der Waals surface area (Å²) in [5.74, 6) is 0. The number of aromatic nitrogens is 1. The number of H-pyrrole nitrogens is 1. The van der Waals surface area contributed by atoms with Gasteiger partial charge in [0.2, 0.25) is 0 Å². The van der Waals surface area contributed by atoms with E-state index in [-0.39, 0.29) is 24.0 Å². The number of aryl methyl sites for hydroxylation is 1. The Kier molecular flexibility index (Phi) is 3.62. The first-order valence-electron chi connectivity index (χ1n) is 5.71. The van der Waals surface area contributed by atoms with Gasteiger partial charge in [-0.05, 0) is 16.8 Å². The molecule has 0 unspecified atom stereocenters. The lowest BCUT2D eigenvalue weighted by molar-refractivity contribution is -0.387. The predicted molar refractivity (Wildman–Crippen MR) is 67.4 cm³/mol. The quantitative estimate of drug-likeness (QED) is 0.451. The van der Waals surface area contributed by atoms with Gasteiger partial charge < -0.3 is 24.0 Å². The lowest BCUT2D eigenvalue weighted by Crippen LogP contribution is -3.00.